The fraction of sp³-hybridized carbons (Fsp3) is 0.158. The predicted octanol–water partition coefficient (Wildman–Crippen LogP) is 4.39. The lowest BCUT2D eigenvalue weighted by molar-refractivity contribution is -0.137. The molecule has 2 N–H and O–H groups in total. The molecule has 5 nitrogen and oxygen atoms in total. The van der Waals surface area contributed by atoms with E-state index in [1.165, 1.54) is 41.3 Å². The molecule has 146 valence electrons. The van der Waals surface area contributed by atoms with Crippen LogP contribution in [0.5, 0.6) is 0 Å². The van der Waals surface area contributed by atoms with Crippen LogP contribution in [0.3, 0.4) is 0 Å². The van der Waals surface area contributed by atoms with Crippen LogP contribution in [0, 0.1) is 5.82 Å². The molecule has 1 heterocycles. The van der Waals surface area contributed by atoms with Crippen molar-refractivity contribution in [3.8, 4) is 5.69 Å². The van der Waals surface area contributed by atoms with E-state index in [0.29, 0.717) is 18.7 Å². The summed E-state index contributed by atoms with van der Waals surface area (Å²) in [6.07, 6.45) is -1.18. The number of rotatable bonds is 5. The molecule has 0 saturated carbocycles. The summed E-state index contributed by atoms with van der Waals surface area (Å²) in [5, 5.41) is 9.17. The van der Waals surface area contributed by atoms with Gasteiger partial charge in [-0.1, -0.05) is 18.2 Å². The lowest BCUT2D eigenvalue weighted by atomic mass is 10.1. The molecule has 3 rings (SSSR count). The van der Waals surface area contributed by atoms with E-state index in [1.807, 2.05) is 0 Å². The normalized spacial score (nSPS) is 11.3. The van der Waals surface area contributed by atoms with Gasteiger partial charge in [-0.2, -0.15) is 18.3 Å². The third-order valence-corrected chi connectivity index (χ3v) is 3.89. The molecule has 0 aliphatic heterocycles. The molecule has 1 aromatic heterocycles. The van der Waals surface area contributed by atoms with E-state index in [0.717, 1.165) is 17.7 Å². The first-order chi connectivity index (χ1) is 13.3. The number of carbonyl (C=O) groups excluding carboxylic acids is 1. The molecule has 0 radical (unpaired) electrons. The third-order valence-electron chi connectivity index (χ3n) is 3.89. The third kappa shape index (κ3) is 5.09. The predicted molar refractivity (Wildman–Crippen MR) is 95.7 cm³/mol. The summed E-state index contributed by atoms with van der Waals surface area (Å²) in [7, 11) is 0. The molecule has 3 aromatic rings. The Kier molecular flexibility index (Phi) is 5.62. The van der Waals surface area contributed by atoms with Gasteiger partial charge in [-0.25, -0.2) is 13.9 Å². The number of nitrogens with one attached hydrogen (secondary N) is 2. The Hall–Kier alpha value is -3.36. The molecule has 9 heteroatoms. The van der Waals surface area contributed by atoms with Gasteiger partial charge in [0, 0.05) is 6.54 Å². The van der Waals surface area contributed by atoms with E-state index in [-0.39, 0.29) is 11.5 Å². The number of amides is 2. The van der Waals surface area contributed by atoms with E-state index < -0.39 is 17.8 Å². The summed E-state index contributed by atoms with van der Waals surface area (Å²) in [6, 6.07) is 10.2. The van der Waals surface area contributed by atoms with Gasteiger partial charge in [0.15, 0.2) is 0 Å². The zero-order chi connectivity index (χ0) is 20.1. The maximum atomic E-state index is 12.8. The van der Waals surface area contributed by atoms with E-state index in [2.05, 4.69) is 15.7 Å². The molecular formula is C19H16F4N4O. The number of alkyl halides is 3. The van der Waals surface area contributed by atoms with Gasteiger partial charge in [0.05, 0.1) is 29.3 Å². The molecule has 0 bridgehead atoms. The standard InChI is InChI=1S/C19H16F4N4O/c20-15-6-4-13(5-7-15)8-9-24-18(28)26-16-11-25-27(12-16)17-3-1-2-14(10-17)19(21,22)23/h1-7,10-12H,8-9H2,(H2,24,26,28). The van der Waals surface area contributed by atoms with Crippen molar-refractivity contribution in [1.82, 2.24) is 15.1 Å². The maximum absolute atomic E-state index is 12.8. The van der Waals surface area contributed by atoms with Crippen molar-refractivity contribution in [1.29, 1.82) is 0 Å². The van der Waals surface area contributed by atoms with E-state index in [1.54, 1.807) is 12.1 Å². The Morgan fingerprint density at radius 3 is 2.57 bits per heavy atom. The van der Waals surface area contributed by atoms with Gasteiger partial charge in [-0.15, -0.1) is 0 Å². The molecule has 0 atom stereocenters. The average molecular weight is 392 g/mol. The number of nitrogens with zero attached hydrogens (tertiary/aromatic N) is 2. The van der Waals surface area contributed by atoms with Crippen LogP contribution in [-0.2, 0) is 12.6 Å². The van der Waals surface area contributed by atoms with Crippen LogP contribution >= 0.6 is 0 Å². The van der Waals surface area contributed by atoms with Crippen LogP contribution in [0.25, 0.3) is 5.69 Å². The smallest absolute Gasteiger partial charge is 0.338 e. The van der Waals surface area contributed by atoms with Crippen LogP contribution in [0.2, 0.25) is 0 Å². The Morgan fingerprint density at radius 1 is 1.11 bits per heavy atom. The highest BCUT2D eigenvalue weighted by atomic mass is 19.4. The van der Waals surface area contributed by atoms with Crippen LogP contribution in [0.15, 0.2) is 60.9 Å². The van der Waals surface area contributed by atoms with E-state index >= 15 is 0 Å². The minimum Gasteiger partial charge on any atom is -0.338 e. The fourth-order valence-electron chi connectivity index (χ4n) is 2.50. The Labute approximate surface area is 158 Å². The van der Waals surface area contributed by atoms with Gasteiger partial charge in [0.25, 0.3) is 0 Å². The van der Waals surface area contributed by atoms with Gasteiger partial charge in [0.2, 0.25) is 0 Å². The largest absolute Gasteiger partial charge is 0.416 e. The highest BCUT2D eigenvalue weighted by Gasteiger charge is 2.30. The number of aromatic nitrogens is 2. The monoisotopic (exact) mass is 392 g/mol. The van der Waals surface area contributed by atoms with Crippen molar-refractivity contribution in [3.63, 3.8) is 0 Å². The van der Waals surface area contributed by atoms with Crippen molar-refractivity contribution in [2.24, 2.45) is 0 Å². The maximum Gasteiger partial charge on any atom is 0.416 e. The topological polar surface area (TPSA) is 59.0 Å². The second-order valence-corrected chi connectivity index (χ2v) is 5.98. The molecular weight excluding hydrogens is 376 g/mol. The summed E-state index contributed by atoms with van der Waals surface area (Å²) in [6.45, 7) is 0.333. The lowest BCUT2D eigenvalue weighted by Crippen LogP contribution is -2.30. The fourth-order valence-corrected chi connectivity index (χ4v) is 2.50. The zero-order valence-electron chi connectivity index (χ0n) is 14.5. The second-order valence-electron chi connectivity index (χ2n) is 5.98. The number of urea groups is 1. The molecule has 0 unspecified atom stereocenters. The highest BCUT2D eigenvalue weighted by molar-refractivity contribution is 5.88. The molecule has 28 heavy (non-hydrogen) atoms. The first kappa shape index (κ1) is 19.4. The van der Waals surface area contributed by atoms with Crippen LogP contribution < -0.4 is 10.6 Å². The number of hydrogen-bond acceptors (Lipinski definition) is 2. The SMILES string of the molecule is O=C(NCCc1ccc(F)cc1)Nc1cnn(-c2cccc(C(F)(F)F)c2)c1. The summed E-state index contributed by atoms with van der Waals surface area (Å²) in [5.41, 5.74) is 0.642. The van der Waals surface area contributed by atoms with Crippen LogP contribution in [0.1, 0.15) is 11.1 Å². The first-order valence-electron chi connectivity index (χ1n) is 8.33. The minimum atomic E-state index is -4.45. The number of anilines is 1. The van der Waals surface area contributed by atoms with Gasteiger partial charge in [0.1, 0.15) is 5.82 Å². The molecule has 0 fully saturated rings. The van der Waals surface area contributed by atoms with Crippen LogP contribution in [0.4, 0.5) is 28.0 Å². The molecule has 2 amide bonds. The average Bonchev–Trinajstić information content (AvgIpc) is 3.11. The lowest BCUT2D eigenvalue weighted by Gasteiger charge is -2.08. The van der Waals surface area contributed by atoms with Crippen molar-refractivity contribution >= 4 is 11.7 Å². The van der Waals surface area contributed by atoms with Crippen molar-refractivity contribution in [2.75, 3.05) is 11.9 Å². The number of benzene rings is 2. The van der Waals surface area contributed by atoms with Gasteiger partial charge in [-0.3, -0.25) is 0 Å². The highest BCUT2D eigenvalue weighted by Crippen LogP contribution is 2.30. The number of carbonyl (C=O) groups is 1. The van der Waals surface area contributed by atoms with Crippen molar-refractivity contribution < 1.29 is 22.4 Å². The summed E-state index contributed by atoms with van der Waals surface area (Å²) in [5.74, 6) is -0.327. The summed E-state index contributed by atoms with van der Waals surface area (Å²) >= 11 is 0. The summed E-state index contributed by atoms with van der Waals surface area (Å²) in [4.78, 5) is 11.9. The zero-order valence-corrected chi connectivity index (χ0v) is 14.5. The molecule has 0 aliphatic rings. The Balaban J connectivity index is 1.55. The minimum absolute atomic E-state index is 0.222. The molecule has 0 spiro atoms. The van der Waals surface area contributed by atoms with Gasteiger partial charge < -0.3 is 10.6 Å². The quantitative estimate of drug-likeness (QED) is 0.633. The van der Waals surface area contributed by atoms with E-state index in [9.17, 15) is 22.4 Å². The van der Waals surface area contributed by atoms with Crippen molar-refractivity contribution in [2.45, 2.75) is 12.6 Å². The number of hydrogen-bond donors (Lipinski definition) is 2. The van der Waals surface area contributed by atoms with E-state index in [4.69, 9.17) is 0 Å². The second kappa shape index (κ2) is 8.12. The van der Waals surface area contributed by atoms with Crippen LogP contribution in [-0.4, -0.2) is 22.4 Å². The molecule has 0 aliphatic carbocycles. The van der Waals surface area contributed by atoms with Gasteiger partial charge in [-0.05, 0) is 42.3 Å². The van der Waals surface area contributed by atoms with Crippen molar-refractivity contribution in [3.05, 3.63) is 77.9 Å². The number of halogens is 4. The summed E-state index contributed by atoms with van der Waals surface area (Å²) < 4.78 is 52.5. The molecule has 0 saturated heterocycles. The Bertz CT molecular complexity index is 951. The first-order valence-corrected chi connectivity index (χ1v) is 8.33. The molecule has 2 aromatic carbocycles. The van der Waals surface area contributed by atoms with Gasteiger partial charge >= 0.3 is 12.2 Å². The Morgan fingerprint density at radius 2 is 1.86 bits per heavy atom.